The second-order valence-corrected chi connectivity index (χ2v) is 21.2. The van der Waals surface area contributed by atoms with Crippen LogP contribution in [-0.2, 0) is 10.8 Å². The summed E-state index contributed by atoms with van der Waals surface area (Å²) in [6.45, 7) is 21.4. The molecule has 0 bridgehead atoms. The van der Waals surface area contributed by atoms with Crippen molar-refractivity contribution < 1.29 is 9.47 Å². The van der Waals surface area contributed by atoms with Crippen LogP contribution in [0.2, 0.25) is 0 Å². The van der Waals surface area contributed by atoms with Gasteiger partial charge in [-0.25, -0.2) is 15.0 Å². The van der Waals surface area contributed by atoms with E-state index in [1.165, 1.54) is 27.6 Å². The summed E-state index contributed by atoms with van der Waals surface area (Å²) in [7, 11) is 0. The van der Waals surface area contributed by atoms with Gasteiger partial charge in [0.1, 0.15) is 11.5 Å². The Morgan fingerprint density at radius 1 is 0.405 bits per heavy atom. The molecule has 13 rings (SSSR count). The SMILES string of the molecule is CC.CC.CC(C)(C)c1ccc(-c2nc(C3=CC4CC4c4c3ccc3cccnc43)nc(-c3ccc(C(C)(C)C)cc3)n2)cc1.c1ccc(Oc2nc(Oc3ccccc3)nc(-c3cccc4c3ccc3cccnc34)n2)cc1. The van der Waals surface area contributed by atoms with Gasteiger partial charge in [0, 0.05) is 50.8 Å². The van der Waals surface area contributed by atoms with E-state index in [1.54, 1.807) is 6.20 Å². The molecule has 10 heteroatoms. The van der Waals surface area contributed by atoms with Crippen molar-refractivity contribution in [2.75, 3.05) is 0 Å². The van der Waals surface area contributed by atoms with E-state index in [2.05, 4.69) is 159 Å². The molecule has 0 aliphatic heterocycles. The maximum Gasteiger partial charge on any atom is 0.328 e. The Labute approximate surface area is 463 Å². The molecule has 0 radical (unpaired) electrons. The lowest BCUT2D eigenvalue weighted by atomic mass is 9.86. The van der Waals surface area contributed by atoms with E-state index in [9.17, 15) is 0 Å². The zero-order chi connectivity index (χ0) is 55.3. The van der Waals surface area contributed by atoms with Gasteiger partial charge in [-0.05, 0) is 93.1 Å². The van der Waals surface area contributed by atoms with Gasteiger partial charge in [-0.15, -0.1) is 4.98 Å². The highest BCUT2D eigenvalue weighted by Crippen LogP contribution is 2.57. The Bertz CT molecular complexity index is 3810. The maximum atomic E-state index is 5.95. The molecule has 2 aliphatic rings. The fraction of sp³-hybridized carbons (Fsp3) is 0.217. The third kappa shape index (κ3) is 11.7. The summed E-state index contributed by atoms with van der Waals surface area (Å²) in [5, 5.41) is 4.26. The average Bonchev–Trinajstić information content (AvgIpc) is 4.31. The van der Waals surface area contributed by atoms with Gasteiger partial charge >= 0.3 is 12.0 Å². The first-order valence-corrected chi connectivity index (χ1v) is 27.5. The molecule has 79 heavy (non-hydrogen) atoms. The zero-order valence-corrected chi connectivity index (χ0v) is 46.7. The van der Waals surface area contributed by atoms with E-state index in [1.807, 2.05) is 119 Å². The maximum absolute atomic E-state index is 5.95. The van der Waals surface area contributed by atoms with Gasteiger partial charge in [0.2, 0.25) is 0 Å². The second-order valence-electron chi connectivity index (χ2n) is 21.2. The van der Waals surface area contributed by atoms with E-state index in [-0.39, 0.29) is 22.9 Å². The minimum absolute atomic E-state index is 0.0803. The summed E-state index contributed by atoms with van der Waals surface area (Å²) in [5.41, 5.74) is 11.2. The lowest BCUT2D eigenvalue weighted by molar-refractivity contribution is 0.398. The highest BCUT2D eigenvalue weighted by atomic mass is 16.5. The number of pyridine rings is 2. The number of benzene rings is 7. The predicted octanol–water partition coefficient (Wildman–Crippen LogP) is 17.8. The summed E-state index contributed by atoms with van der Waals surface area (Å²) in [6, 6.07) is 59.1. The Kier molecular flexibility index (Phi) is 15.5. The minimum atomic E-state index is 0.0803. The standard InChI is InChI=1S/C37H36N4.C28H18N4O2.2C2H6/c1-36(2,3)26-14-9-23(10-15-26)33-39-34(24-11-16-27(17-12-24)37(4,5)6)41-35(40-33)30-21-25-20-29(25)31-28(30)18-13-22-8-7-19-38-32(22)31;1-3-10-20(11-4-1)33-27-30-26(31-28(32-27)34-21-12-5-2-6-13-21)24-15-7-14-23-22(24)17-16-19-9-8-18-29-25(19)23;2*1-2/h7-19,21,25,29H,20H2,1-6H3;1-18H;2*1-2H3. The number of allylic oxidation sites excluding steroid dienone is 1. The van der Waals surface area contributed by atoms with Gasteiger partial charge in [-0.3, -0.25) is 9.97 Å². The topological polar surface area (TPSA) is 122 Å². The summed E-state index contributed by atoms with van der Waals surface area (Å²) in [5.74, 6) is 4.86. The molecule has 2 aliphatic carbocycles. The van der Waals surface area contributed by atoms with Gasteiger partial charge in [0.05, 0.1) is 11.0 Å². The number of fused-ring (bicyclic) bond motifs is 8. The molecule has 1 fully saturated rings. The molecule has 0 spiro atoms. The number of para-hydroxylation sites is 2. The second kappa shape index (κ2) is 22.9. The van der Waals surface area contributed by atoms with Gasteiger partial charge < -0.3 is 9.47 Å². The van der Waals surface area contributed by atoms with Gasteiger partial charge in [-0.1, -0.05) is 215 Å². The molecule has 10 nitrogen and oxygen atoms in total. The Morgan fingerprint density at radius 3 is 1.46 bits per heavy atom. The quantitative estimate of drug-likeness (QED) is 0.136. The normalized spacial score (nSPS) is 14.2. The first-order chi connectivity index (χ1) is 38.4. The first kappa shape index (κ1) is 53.4. The van der Waals surface area contributed by atoms with E-state index in [0.717, 1.165) is 61.7 Å². The fourth-order valence-electron chi connectivity index (χ4n) is 9.84. The molecule has 4 heterocycles. The molecule has 0 N–H and O–H groups in total. The molecule has 1 saturated carbocycles. The van der Waals surface area contributed by atoms with E-state index in [0.29, 0.717) is 40.8 Å². The molecule has 2 unspecified atom stereocenters. The first-order valence-electron chi connectivity index (χ1n) is 27.5. The van der Waals surface area contributed by atoms with Crippen LogP contribution in [0.1, 0.15) is 110 Å². The Balaban J connectivity index is 0.000000170. The highest BCUT2D eigenvalue weighted by molar-refractivity contribution is 6.09. The molecule has 11 aromatic rings. The fourth-order valence-corrected chi connectivity index (χ4v) is 9.84. The zero-order valence-electron chi connectivity index (χ0n) is 46.7. The van der Waals surface area contributed by atoms with Crippen molar-refractivity contribution in [3.63, 3.8) is 0 Å². The smallest absolute Gasteiger partial charge is 0.328 e. The summed E-state index contributed by atoms with van der Waals surface area (Å²) < 4.78 is 11.9. The molecular formula is C69H66N8O2. The Hall–Kier alpha value is -9.02. The molecule has 7 aromatic carbocycles. The lowest BCUT2D eigenvalue weighted by Gasteiger charge is -2.20. The van der Waals surface area contributed by atoms with Crippen LogP contribution >= 0.6 is 0 Å². The van der Waals surface area contributed by atoms with Crippen molar-refractivity contribution in [3.8, 4) is 57.7 Å². The molecule has 2 atom stereocenters. The van der Waals surface area contributed by atoms with Crippen molar-refractivity contribution >= 4 is 38.2 Å². The van der Waals surface area contributed by atoms with Gasteiger partial charge in [-0.2, -0.15) is 9.97 Å². The molecule has 394 valence electrons. The summed E-state index contributed by atoms with van der Waals surface area (Å²) >= 11 is 0. The average molecular weight is 1040 g/mol. The van der Waals surface area contributed by atoms with Crippen molar-refractivity contribution in [3.05, 3.63) is 222 Å². The van der Waals surface area contributed by atoms with E-state index >= 15 is 0 Å². The number of ether oxygens (including phenoxy) is 2. The van der Waals surface area contributed by atoms with Crippen LogP contribution in [0.5, 0.6) is 23.5 Å². The van der Waals surface area contributed by atoms with Gasteiger partial charge in [0.25, 0.3) is 0 Å². The van der Waals surface area contributed by atoms with E-state index in [4.69, 9.17) is 29.4 Å². The molecule has 0 amide bonds. The summed E-state index contributed by atoms with van der Waals surface area (Å²) in [6.07, 6.45) is 7.24. The number of rotatable bonds is 8. The van der Waals surface area contributed by atoms with Crippen molar-refractivity contribution in [1.82, 2.24) is 39.9 Å². The predicted molar refractivity (Wildman–Crippen MR) is 322 cm³/mol. The third-order valence-corrected chi connectivity index (χ3v) is 14.0. The number of aromatic nitrogens is 8. The van der Waals surface area contributed by atoms with Crippen molar-refractivity contribution in [2.45, 2.75) is 92.4 Å². The largest absolute Gasteiger partial charge is 0.424 e. The van der Waals surface area contributed by atoms with Crippen LogP contribution in [0.15, 0.2) is 194 Å². The van der Waals surface area contributed by atoms with Crippen LogP contribution in [0.3, 0.4) is 0 Å². The number of nitrogens with zero attached hydrogens (tertiary/aromatic N) is 8. The van der Waals surface area contributed by atoms with Crippen LogP contribution in [0, 0.1) is 5.92 Å². The minimum Gasteiger partial charge on any atom is -0.424 e. The van der Waals surface area contributed by atoms with Crippen LogP contribution in [-0.4, -0.2) is 39.9 Å². The van der Waals surface area contributed by atoms with Gasteiger partial charge in [0.15, 0.2) is 23.3 Å². The van der Waals surface area contributed by atoms with Crippen LogP contribution in [0.4, 0.5) is 0 Å². The Morgan fingerprint density at radius 2 is 0.911 bits per heavy atom. The number of hydrogen-bond acceptors (Lipinski definition) is 10. The number of hydrogen-bond donors (Lipinski definition) is 0. The highest BCUT2D eigenvalue weighted by Gasteiger charge is 2.44. The summed E-state index contributed by atoms with van der Waals surface area (Å²) in [4.78, 5) is 38.3. The van der Waals surface area contributed by atoms with Crippen molar-refractivity contribution in [1.29, 1.82) is 0 Å². The van der Waals surface area contributed by atoms with Crippen LogP contribution in [0.25, 0.3) is 72.3 Å². The monoisotopic (exact) mass is 1040 g/mol. The molecule has 4 aromatic heterocycles. The third-order valence-electron chi connectivity index (χ3n) is 14.0. The van der Waals surface area contributed by atoms with Crippen molar-refractivity contribution in [2.24, 2.45) is 5.92 Å². The molecular weight excluding hydrogens is 973 g/mol. The van der Waals surface area contributed by atoms with Crippen LogP contribution < -0.4 is 9.47 Å². The molecule has 0 saturated heterocycles. The van der Waals surface area contributed by atoms with E-state index < -0.39 is 0 Å². The lowest BCUT2D eigenvalue weighted by Crippen LogP contribution is -2.11.